The summed E-state index contributed by atoms with van der Waals surface area (Å²) in [6, 6.07) is 26.4. The number of rotatable bonds is 7. The van der Waals surface area contributed by atoms with Crippen LogP contribution < -0.4 is 4.74 Å². The minimum Gasteiger partial charge on any atom is -0.493 e. The fourth-order valence-corrected chi connectivity index (χ4v) is 4.67. The van der Waals surface area contributed by atoms with Gasteiger partial charge in [0.05, 0.1) is 12.1 Å². The van der Waals surface area contributed by atoms with Crippen LogP contribution in [0.3, 0.4) is 0 Å². The third-order valence-electron chi connectivity index (χ3n) is 6.31. The molecule has 0 aliphatic rings. The van der Waals surface area contributed by atoms with Crippen LogP contribution in [0.2, 0.25) is 0 Å². The monoisotopic (exact) mass is 447 g/mol. The molecule has 34 heavy (non-hydrogen) atoms. The first kappa shape index (κ1) is 21.5. The molecule has 0 fully saturated rings. The lowest BCUT2D eigenvalue weighted by atomic mass is 9.94. The van der Waals surface area contributed by atoms with E-state index in [1.165, 1.54) is 0 Å². The molecule has 168 valence electrons. The largest absolute Gasteiger partial charge is 0.493 e. The normalized spacial score (nSPS) is 11.1. The van der Waals surface area contributed by atoms with Crippen molar-refractivity contribution in [3.05, 3.63) is 108 Å². The summed E-state index contributed by atoms with van der Waals surface area (Å²) in [4.78, 5) is 15.2. The van der Waals surface area contributed by atoms with E-state index in [1.807, 2.05) is 36.4 Å². The molecule has 0 amide bonds. The Bertz CT molecular complexity index is 1540. The predicted molar refractivity (Wildman–Crippen MR) is 139 cm³/mol. The number of carbonyl (C=O) groups is 1. The summed E-state index contributed by atoms with van der Waals surface area (Å²) < 4.78 is 6.18. The lowest BCUT2D eigenvalue weighted by molar-refractivity contribution is 0.0691. The number of fused-ring (bicyclic) bond motifs is 2. The Morgan fingerprint density at radius 3 is 2.53 bits per heavy atom. The van der Waals surface area contributed by atoms with Crippen molar-refractivity contribution in [2.24, 2.45) is 0 Å². The van der Waals surface area contributed by atoms with Crippen LogP contribution in [0.25, 0.3) is 38.9 Å². The molecule has 4 heteroatoms. The van der Waals surface area contributed by atoms with Crippen molar-refractivity contribution in [2.75, 3.05) is 6.61 Å². The number of H-pyrrole nitrogens is 1. The van der Waals surface area contributed by atoms with E-state index in [9.17, 15) is 9.90 Å². The average Bonchev–Trinajstić information content (AvgIpc) is 3.25. The van der Waals surface area contributed by atoms with Crippen molar-refractivity contribution < 1.29 is 14.6 Å². The Morgan fingerprint density at radius 2 is 1.74 bits per heavy atom. The second kappa shape index (κ2) is 8.91. The zero-order chi connectivity index (χ0) is 23.7. The van der Waals surface area contributed by atoms with Crippen LogP contribution in [0.4, 0.5) is 0 Å². The van der Waals surface area contributed by atoms with Crippen LogP contribution in [0, 0.1) is 6.92 Å². The van der Waals surface area contributed by atoms with Gasteiger partial charge in [-0.3, -0.25) is 0 Å². The number of hydrogen-bond donors (Lipinski definition) is 2. The van der Waals surface area contributed by atoms with E-state index in [0.29, 0.717) is 18.6 Å². The van der Waals surface area contributed by atoms with E-state index in [1.54, 1.807) is 6.08 Å². The van der Waals surface area contributed by atoms with Crippen molar-refractivity contribution in [3.63, 3.8) is 0 Å². The third-order valence-corrected chi connectivity index (χ3v) is 6.31. The number of benzene rings is 4. The van der Waals surface area contributed by atoms with Gasteiger partial charge in [0, 0.05) is 28.3 Å². The molecule has 4 aromatic carbocycles. The molecule has 0 aliphatic carbocycles. The van der Waals surface area contributed by atoms with Gasteiger partial charge < -0.3 is 14.8 Å². The Morgan fingerprint density at radius 1 is 0.971 bits per heavy atom. The Balaban J connectivity index is 1.56. The zero-order valence-corrected chi connectivity index (χ0v) is 19.0. The van der Waals surface area contributed by atoms with Crippen LogP contribution in [0.15, 0.2) is 85.4 Å². The zero-order valence-electron chi connectivity index (χ0n) is 19.0. The molecule has 0 bridgehead atoms. The highest BCUT2D eigenvalue weighted by Crippen LogP contribution is 2.36. The number of aryl methyl sites for hydroxylation is 1. The second-order valence-electron chi connectivity index (χ2n) is 8.34. The van der Waals surface area contributed by atoms with Gasteiger partial charge in [-0.25, -0.2) is 4.79 Å². The lowest BCUT2D eigenvalue weighted by Crippen LogP contribution is -2.03. The van der Waals surface area contributed by atoms with Gasteiger partial charge in [-0.2, -0.15) is 0 Å². The highest BCUT2D eigenvalue weighted by atomic mass is 16.5. The molecule has 1 heterocycles. The Hall–Kier alpha value is -4.31. The number of hydrogen-bond acceptors (Lipinski definition) is 2. The van der Waals surface area contributed by atoms with Gasteiger partial charge in [0.25, 0.3) is 0 Å². The van der Waals surface area contributed by atoms with Gasteiger partial charge in [0.1, 0.15) is 11.4 Å². The summed E-state index contributed by atoms with van der Waals surface area (Å²) in [6.07, 6.45) is 2.25. The summed E-state index contributed by atoms with van der Waals surface area (Å²) >= 11 is 0. The molecular weight excluding hydrogens is 422 g/mol. The first-order chi connectivity index (χ1) is 16.6. The smallest absolute Gasteiger partial charge is 0.352 e. The summed E-state index contributed by atoms with van der Waals surface area (Å²) in [5.74, 6) is -0.157. The first-order valence-electron chi connectivity index (χ1n) is 11.3. The summed E-state index contributed by atoms with van der Waals surface area (Å²) in [6.45, 7) is 6.43. The van der Waals surface area contributed by atoms with E-state index in [0.717, 1.165) is 49.7 Å². The van der Waals surface area contributed by atoms with Crippen molar-refractivity contribution in [2.45, 2.75) is 13.3 Å². The molecule has 4 nitrogen and oxygen atoms in total. The molecule has 0 aliphatic heterocycles. The highest BCUT2D eigenvalue weighted by Gasteiger charge is 2.20. The highest BCUT2D eigenvalue weighted by molar-refractivity contribution is 6.07. The maximum atomic E-state index is 12.0. The molecule has 1 aromatic heterocycles. The van der Waals surface area contributed by atoms with Gasteiger partial charge in [0.15, 0.2) is 0 Å². The maximum absolute atomic E-state index is 12.0. The third kappa shape index (κ3) is 3.73. The molecule has 5 aromatic rings. The predicted octanol–water partition coefficient (Wildman–Crippen LogP) is 7.26. The van der Waals surface area contributed by atoms with Crippen LogP contribution in [0.1, 0.15) is 27.2 Å². The number of ether oxygens (including phenoxy) is 1. The van der Waals surface area contributed by atoms with E-state index >= 15 is 0 Å². The summed E-state index contributed by atoms with van der Waals surface area (Å²) in [5, 5.41) is 12.9. The van der Waals surface area contributed by atoms with Gasteiger partial charge in [-0.05, 0) is 35.1 Å². The minimum absolute atomic E-state index is 0.155. The number of carboxylic acids is 1. The Labute approximate surface area is 198 Å². The quantitative estimate of drug-likeness (QED) is 0.276. The van der Waals surface area contributed by atoms with E-state index in [2.05, 4.69) is 61.0 Å². The molecule has 5 rings (SSSR count). The number of aromatic nitrogens is 1. The topological polar surface area (TPSA) is 62.3 Å². The van der Waals surface area contributed by atoms with Crippen molar-refractivity contribution in [1.82, 2.24) is 4.98 Å². The Kier molecular flexibility index (Phi) is 5.64. The molecule has 0 spiro atoms. The number of aromatic amines is 1. The fraction of sp³-hybridized carbons (Fsp3) is 0.100. The van der Waals surface area contributed by atoms with Crippen molar-refractivity contribution in [3.8, 4) is 16.9 Å². The van der Waals surface area contributed by atoms with Gasteiger partial charge >= 0.3 is 5.97 Å². The molecular formula is C30H25NO3. The first-order valence-corrected chi connectivity index (χ1v) is 11.3. The molecule has 0 unspecified atom stereocenters. The summed E-state index contributed by atoms with van der Waals surface area (Å²) in [5.41, 5.74) is 5.76. The number of aromatic carboxylic acids is 1. The van der Waals surface area contributed by atoms with Gasteiger partial charge in [-0.1, -0.05) is 85.5 Å². The van der Waals surface area contributed by atoms with Gasteiger partial charge in [-0.15, -0.1) is 0 Å². The van der Waals surface area contributed by atoms with E-state index in [-0.39, 0.29) is 5.69 Å². The van der Waals surface area contributed by atoms with Crippen LogP contribution in [-0.2, 0) is 6.42 Å². The molecule has 0 radical (unpaired) electrons. The van der Waals surface area contributed by atoms with Crippen LogP contribution in [-0.4, -0.2) is 22.7 Å². The molecule has 0 atom stereocenters. The molecule has 2 N–H and O–H groups in total. The summed E-state index contributed by atoms with van der Waals surface area (Å²) in [7, 11) is 0. The van der Waals surface area contributed by atoms with E-state index in [4.69, 9.17) is 4.74 Å². The molecule has 0 saturated carbocycles. The minimum atomic E-state index is -1.00. The second-order valence-corrected chi connectivity index (χ2v) is 8.34. The maximum Gasteiger partial charge on any atom is 0.352 e. The van der Waals surface area contributed by atoms with Crippen molar-refractivity contribution in [1.29, 1.82) is 0 Å². The lowest BCUT2D eigenvalue weighted by Gasteiger charge is -2.13. The van der Waals surface area contributed by atoms with Crippen LogP contribution >= 0.6 is 0 Å². The SMILES string of the molecule is C=Cc1c(C(=O)O)[nH]c2c(-c3ccccc3C)ccc(CCOc3cccc4ccccc34)c12. The van der Waals surface area contributed by atoms with E-state index < -0.39 is 5.97 Å². The van der Waals surface area contributed by atoms with Gasteiger partial charge in [0.2, 0.25) is 0 Å². The number of nitrogens with one attached hydrogen (secondary N) is 1. The van der Waals surface area contributed by atoms with Crippen molar-refractivity contribution >= 4 is 33.7 Å². The van der Waals surface area contributed by atoms with Crippen LogP contribution in [0.5, 0.6) is 5.75 Å². The fourth-order valence-electron chi connectivity index (χ4n) is 4.67. The molecule has 0 saturated heterocycles. The number of carboxylic acid groups (broad SMARTS) is 1. The standard InChI is InChI=1S/C30H25NO3/c1-3-22-27-21(17-18-34-26-14-8-11-20-10-5-7-13-24(20)26)15-16-25(23-12-6-4-9-19(23)2)28(27)31-29(22)30(32)33/h3-16,31H,1,17-18H2,2H3,(H,32,33). The average molecular weight is 448 g/mol.